The third kappa shape index (κ3) is 5.35. The lowest BCUT2D eigenvalue weighted by molar-refractivity contribution is 0.112. The maximum atomic E-state index is 6.22. The molecule has 3 nitrogen and oxygen atoms in total. The molecule has 156 valence electrons. The fourth-order valence-electron chi connectivity index (χ4n) is 3.94. The Hall–Kier alpha value is -2.05. The maximum Gasteiger partial charge on any atom is 0.136 e. The van der Waals surface area contributed by atoms with Crippen molar-refractivity contribution in [3.05, 3.63) is 93.1 Å². The normalized spacial score (nSPS) is 15.5. The number of fused-ring (bicyclic) bond motifs is 1. The van der Waals surface area contributed by atoms with E-state index in [4.69, 9.17) is 9.47 Å². The van der Waals surface area contributed by atoms with E-state index in [9.17, 15) is 0 Å². The van der Waals surface area contributed by atoms with Crippen molar-refractivity contribution in [3.8, 4) is 11.5 Å². The molecular weight excluding hydrogens is 485 g/mol. The lowest BCUT2D eigenvalue weighted by Gasteiger charge is -2.35. The van der Waals surface area contributed by atoms with E-state index < -0.39 is 0 Å². The highest BCUT2D eigenvalue weighted by Gasteiger charge is 2.26. The molecule has 0 fully saturated rings. The van der Waals surface area contributed by atoms with Crippen LogP contribution in [0.25, 0.3) is 0 Å². The molecule has 0 aliphatic carbocycles. The molecule has 0 N–H and O–H groups in total. The maximum absolute atomic E-state index is 6.22. The van der Waals surface area contributed by atoms with Crippen molar-refractivity contribution >= 4 is 22.6 Å². The Morgan fingerprint density at radius 3 is 2.40 bits per heavy atom. The number of nitrogens with zero attached hydrogens (tertiary/aromatic N) is 1. The van der Waals surface area contributed by atoms with Gasteiger partial charge in [-0.05, 0) is 64.7 Å². The minimum Gasteiger partial charge on any atom is -0.492 e. The van der Waals surface area contributed by atoms with Gasteiger partial charge in [-0.1, -0.05) is 67.6 Å². The average Bonchev–Trinajstić information content (AvgIpc) is 2.78. The molecule has 30 heavy (non-hydrogen) atoms. The van der Waals surface area contributed by atoms with Gasteiger partial charge in [-0.15, -0.1) is 0 Å². The fraction of sp³-hybridized carbons (Fsp3) is 0.308. The molecule has 1 aliphatic rings. The first-order chi connectivity index (χ1) is 14.7. The number of rotatable bonds is 8. The van der Waals surface area contributed by atoms with Gasteiger partial charge in [-0.3, -0.25) is 4.90 Å². The minimum absolute atomic E-state index is 0.393. The van der Waals surface area contributed by atoms with Gasteiger partial charge >= 0.3 is 0 Å². The molecule has 0 radical (unpaired) electrons. The summed E-state index contributed by atoms with van der Waals surface area (Å²) in [6.45, 7) is 5.58. The number of benzene rings is 3. The van der Waals surface area contributed by atoms with E-state index in [2.05, 4.69) is 89.0 Å². The molecular formula is C26H28INO2. The summed E-state index contributed by atoms with van der Waals surface area (Å²) in [6.07, 6.45) is 2.15. The molecule has 1 heterocycles. The fourth-order valence-corrected chi connectivity index (χ4v) is 4.63. The van der Waals surface area contributed by atoms with Gasteiger partial charge in [-0.25, -0.2) is 0 Å². The average molecular weight is 513 g/mol. The monoisotopic (exact) mass is 513 g/mol. The second-order valence-electron chi connectivity index (χ2n) is 7.79. The SMILES string of the molecule is CCCN(Cc1ccccc1)C1COc2cc(OCc3ccccc3)c(I)cc2C1. The van der Waals surface area contributed by atoms with Crippen LogP contribution < -0.4 is 9.47 Å². The minimum atomic E-state index is 0.393. The molecule has 0 spiro atoms. The van der Waals surface area contributed by atoms with E-state index >= 15 is 0 Å². The van der Waals surface area contributed by atoms with Crippen molar-refractivity contribution in [1.29, 1.82) is 0 Å². The first-order valence-electron chi connectivity index (χ1n) is 10.6. The van der Waals surface area contributed by atoms with Crippen molar-refractivity contribution in [3.63, 3.8) is 0 Å². The number of hydrogen-bond donors (Lipinski definition) is 0. The Morgan fingerprint density at radius 2 is 1.70 bits per heavy atom. The largest absolute Gasteiger partial charge is 0.492 e. The Balaban J connectivity index is 1.45. The summed E-state index contributed by atoms with van der Waals surface area (Å²) in [5.74, 6) is 1.86. The molecule has 0 saturated carbocycles. The quantitative estimate of drug-likeness (QED) is 0.341. The van der Waals surface area contributed by atoms with Crippen molar-refractivity contribution in [1.82, 2.24) is 4.90 Å². The second kappa shape index (κ2) is 10.3. The van der Waals surface area contributed by atoms with Crippen LogP contribution in [0.3, 0.4) is 0 Å². The van der Waals surface area contributed by atoms with Crippen molar-refractivity contribution in [2.75, 3.05) is 13.2 Å². The summed E-state index contributed by atoms with van der Waals surface area (Å²) in [5.41, 5.74) is 3.80. The summed E-state index contributed by atoms with van der Waals surface area (Å²) in [5, 5.41) is 0. The van der Waals surface area contributed by atoms with Gasteiger partial charge in [-0.2, -0.15) is 0 Å². The van der Waals surface area contributed by atoms with Crippen molar-refractivity contribution in [2.45, 2.75) is 39.0 Å². The van der Waals surface area contributed by atoms with Crippen LogP contribution in [-0.2, 0) is 19.6 Å². The molecule has 4 rings (SSSR count). The molecule has 0 aromatic heterocycles. The Labute approximate surface area is 193 Å². The van der Waals surface area contributed by atoms with Crippen LogP contribution in [0.4, 0.5) is 0 Å². The van der Waals surface area contributed by atoms with E-state index in [0.717, 1.165) is 47.6 Å². The van der Waals surface area contributed by atoms with Gasteiger partial charge in [0.25, 0.3) is 0 Å². The van der Waals surface area contributed by atoms with Gasteiger partial charge in [0, 0.05) is 18.7 Å². The van der Waals surface area contributed by atoms with Crippen molar-refractivity contribution < 1.29 is 9.47 Å². The molecule has 0 amide bonds. The molecule has 3 aromatic rings. The molecule has 4 heteroatoms. The predicted octanol–water partition coefficient (Wildman–Crippen LogP) is 6.09. The van der Waals surface area contributed by atoms with Crippen LogP contribution in [0.2, 0.25) is 0 Å². The summed E-state index contributed by atoms with van der Waals surface area (Å²) in [7, 11) is 0. The lowest BCUT2D eigenvalue weighted by atomic mass is 10.0. The highest BCUT2D eigenvalue weighted by molar-refractivity contribution is 14.1. The van der Waals surface area contributed by atoms with Crippen LogP contribution >= 0.6 is 22.6 Å². The lowest BCUT2D eigenvalue weighted by Crippen LogP contribution is -2.43. The zero-order chi connectivity index (χ0) is 20.8. The van der Waals surface area contributed by atoms with E-state index in [1.54, 1.807) is 0 Å². The van der Waals surface area contributed by atoms with Gasteiger partial charge < -0.3 is 9.47 Å². The standard InChI is InChI=1S/C26H28INO2/c1-2-13-28(17-20-9-5-3-6-10-20)23-14-22-15-24(27)26(16-25(22)30-19-23)29-18-21-11-7-4-8-12-21/h3-12,15-16,23H,2,13-14,17-19H2,1H3. The molecule has 1 atom stereocenters. The van der Waals surface area contributed by atoms with Gasteiger partial charge in [0.15, 0.2) is 0 Å². The van der Waals surface area contributed by atoms with E-state index in [-0.39, 0.29) is 0 Å². The smallest absolute Gasteiger partial charge is 0.136 e. The molecule has 3 aromatic carbocycles. The van der Waals surface area contributed by atoms with E-state index in [0.29, 0.717) is 12.6 Å². The summed E-state index contributed by atoms with van der Waals surface area (Å²) in [6, 6.07) is 25.7. The molecule has 1 aliphatic heterocycles. The molecule has 0 saturated heterocycles. The second-order valence-corrected chi connectivity index (χ2v) is 8.95. The highest BCUT2D eigenvalue weighted by atomic mass is 127. The summed E-state index contributed by atoms with van der Waals surface area (Å²) >= 11 is 2.37. The third-order valence-corrected chi connectivity index (χ3v) is 6.34. The number of halogens is 1. The highest BCUT2D eigenvalue weighted by Crippen LogP contribution is 2.35. The van der Waals surface area contributed by atoms with Crippen LogP contribution in [0.1, 0.15) is 30.0 Å². The first kappa shape index (κ1) is 21.2. The Bertz CT molecular complexity index is 946. The summed E-state index contributed by atoms with van der Waals surface area (Å²) in [4.78, 5) is 2.56. The van der Waals surface area contributed by atoms with E-state index in [1.807, 2.05) is 18.2 Å². The van der Waals surface area contributed by atoms with Gasteiger partial charge in [0.05, 0.1) is 3.57 Å². The van der Waals surface area contributed by atoms with Crippen molar-refractivity contribution in [2.24, 2.45) is 0 Å². The van der Waals surface area contributed by atoms with Crippen LogP contribution in [0, 0.1) is 3.57 Å². The zero-order valence-corrected chi connectivity index (χ0v) is 19.5. The number of ether oxygens (including phenoxy) is 2. The summed E-state index contributed by atoms with van der Waals surface area (Å²) < 4.78 is 13.4. The van der Waals surface area contributed by atoms with E-state index in [1.165, 1.54) is 16.7 Å². The zero-order valence-electron chi connectivity index (χ0n) is 17.4. The predicted molar refractivity (Wildman–Crippen MR) is 130 cm³/mol. The Kier molecular flexibility index (Phi) is 7.28. The van der Waals surface area contributed by atoms with Gasteiger partial charge in [0.1, 0.15) is 24.7 Å². The van der Waals surface area contributed by atoms with Crippen LogP contribution in [-0.4, -0.2) is 24.1 Å². The first-order valence-corrected chi connectivity index (χ1v) is 11.7. The topological polar surface area (TPSA) is 21.7 Å². The molecule has 1 unspecified atom stereocenters. The molecule has 0 bridgehead atoms. The third-order valence-electron chi connectivity index (χ3n) is 5.49. The number of hydrogen-bond acceptors (Lipinski definition) is 3. The van der Waals surface area contributed by atoms with Gasteiger partial charge in [0.2, 0.25) is 0 Å². The van der Waals surface area contributed by atoms with Crippen LogP contribution in [0.5, 0.6) is 11.5 Å². The van der Waals surface area contributed by atoms with Crippen LogP contribution in [0.15, 0.2) is 72.8 Å². The Morgan fingerprint density at radius 1 is 1.00 bits per heavy atom.